The lowest BCUT2D eigenvalue weighted by Crippen LogP contribution is -2.16. The molecular formula is C15H15F4N3O3. The van der Waals surface area contributed by atoms with Gasteiger partial charge in [-0.2, -0.15) is 13.9 Å². The molecule has 10 heteroatoms. The second-order valence-corrected chi connectivity index (χ2v) is 5.44. The second-order valence-electron chi connectivity index (χ2n) is 5.44. The summed E-state index contributed by atoms with van der Waals surface area (Å²) in [5.41, 5.74) is -1.12. The molecular weight excluding hydrogens is 346 g/mol. The van der Waals surface area contributed by atoms with Crippen LogP contribution in [-0.4, -0.2) is 27.3 Å². The summed E-state index contributed by atoms with van der Waals surface area (Å²) in [6.07, 6.45) is 1.25. The standard InChI is InChI=1S/C15H15F4N3O3/c1-8(2)5-22-11(20-7-21-22)6-24-14(23)12-9(16)3-4-10(13(12)17)25-15(18)19/h3-4,7-8,15H,5-6H2,1-2H3. The Morgan fingerprint density at radius 3 is 2.64 bits per heavy atom. The fourth-order valence-electron chi connectivity index (χ4n) is 2.01. The van der Waals surface area contributed by atoms with E-state index in [4.69, 9.17) is 4.74 Å². The van der Waals surface area contributed by atoms with Crippen LogP contribution in [0.25, 0.3) is 0 Å². The second kappa shape index (κ2) is 7.95. The minimum Gasteiger partial charge on any atom is -0.454 e. The molecule has 0 atom stereocenters. The molecule has 1 aromatic carbocycles. The van der Waals surface area contributed by atoms with Crippen molar-refractivity contribution < 1.29 is 31.8 Å². The van der Waals surface area contributed by atoms with Gasteiger partial charge in [0.05, 0.1) is 0 Å². The van der Waals surface area contributed by atoms with Crippen molar-refractivity contribution in [2.75, 3.05) is 0 Å². The van der Waals surface area contributed by atoms with Gasteiger partial charge in [0.2, 0.25) is 0 Å². The number of carbonyl (C=O) groups excluding carboxylic acids is 1. The van der Waals surface area contributed by atoms with Crippen molar-refractivity contribution in [3.8, 4) is 5.75 Å². The van der Waals surface area contributed by atoms with Gasteiger partial charge in [0.1, 0.15) is 17.7 Å². The number of hydrogen-bond donors (Lipinski definition) is 0. The van der Waals surface area contributed by atoms with Gasteiger partial charge in [-0.25, -0.2) is 23.2 Å². The summed E-state index contributed by atoms with van der Waals surface area (Å²) in [7, 11) is 0. The number of esters is 1. The quantitative estimate of drug-likeness (QED) is 0.560. The Hall–Kier alpha value is -2.65. The summed E-state index contributed by atoms with van der Waals surface area (Å²) in [5, 5.41) is 3.95. The Bertz CT molecular complexity index is 750. The first-order chi connectivity index (χ1) is 11.8. The Labute approximate surface area is 140 Å². The Morgan fingerprint density at radius 2 is 2.00 bits per heavy atom. The molecule has 0 aliphatic heterocycles. The molecule has 1 aromatic heterocycles. The molecule has 136 valence electrons. The molecule has 2 aromatic rings. The lowest BCUT2D eigenvalue weighted by molar-refractivity contribution is -0.0524. The van der Waals surface area contributed by atoms with Crippen LogP contribution in [0.2, 0.25) is 0 Å². The Balaban J connectivity index is 2.15. The third kappa shape index (κ3) is 4.68. The highest BCUT2D eigenvalue weighted by Crippen LogP contribution is 2.25. The molecule has 25 heavy (non-hydrogen) atoms. The van der Waals surface area contributed by atoms with Crippen LogP contribution in [0, 0.1) is 17.6 Å². The van der Waals surface area contributed by atoms with E-state index in [1.54, 1.807) is 0 Å². The summed E-state index contributed by atoms with van der Waals surface area (Å²) in [5.74, 6) is -4.61. The van der Waals surface area contributed by atoms with Gasteiger partial charge >= 0.3 is 12.6 Å². The van der Waals surface area contributed by atoms with E-state index in [2.05, 4.69) is 14.8 Å². The van der Waals surface area contributed by atoms with Crippen LogP contribution in [0.5, 0.6) is 5.75 Å². The maximum atomic E-state index is 14.0. The van der Waals surface area contributed by atoms with Gasteiger partial charge in [-0.05, 0) is 18.1 Å². The third-order valence-corrected chi connectivity index (χ3v) is 3.04. The molecule has 0 amide bonds. The fraction of sp³-hybridized carbons (Fsp3) is 0.400. The van der Waals surface area contributed by atoms with Gasteiger partial charge < -0.3 is 9.47 Å². The van der Waals surface area contributed by atoms with Crippen molar-refractivity contribution in [3.05, 3.63) is 41.5 Å². The van der Waals surface area contributed by atoms with Crippen LogP contribution in [0.4, 0.5) is 17.6 Å². The van der Waals surface area contributed by atoms with Crippen molar-refractivity contribution in [3.63, 3.8) is 0 Å². The average Bonchev–Trinajstić information content (AvgIpc) is 2.94. The summed E-state index contributed by atoms with van der Waals surface area (Å²) in [6.45, 7) is 0.684. The number of rotatable bonds is 7. The van der Waals surface area contributed by atoms with E-state index < -0.39 is 35.5 Å². The van der Waals surface area contributed by atoms with Crippen molar-refractivity contribution in [1.82, 2.24) is 14.8 Å². The molecule has 6 nitrogen and oxygen atoms in total. The summed E-state index contributed by atoms with van der Waals surface area (Å²) >= 11 is 0. The minimum atomic E-state index is -3.32. The van der Waals surface area contributed by atoms with Crippen LogP contribution in [0.3, 0.4) is 0 Å². The van der Waals surface area contributed by atoms with E-state index in [0.29, 0.717) is 18.7 Å². The average molecular weight is 361 g/mol. The number of halogens is 4. The monoisotopic (exact) mass is 361 g/mol. The molecule has 0 aliphatic carbocycles. The number of benzene rings is 1. The van der Waals surface area contributed by atoms with Crippen molar-refractivity contribution >= 4 is 5.97 Å². The zero-order valence-electron chi connectivity index (χ0n) is 13.4. The molecule has 0 saturated carbocycles. The van der Waals surface area contributed by atoms with Gasteiger partial charge in [-0.1, -0.05) is 13.8 Å². The van der Waals surface area contributed by atoms with Gasteiger partial charge in [0.25, 0.3) is 0 Å². The molecule has 0 radical (unpaired) electrons. The SMILES string of the molecule is CC(C)Cn1ncnc1COC(=O)c1c(F)ccc(OC(F)F)c1F. The van der Waals surface area contributed by atoms with E-state index in [-0.39, 0.29) is 18.3 Å². The van der Waals surface area contributed by atoms with Crippen LogP contribution < -0.4 is 4.74 Å². The number of hydrogen-bond acceptors (Lipinski definition) is 5. The maximum absolute atomic E-state index is 14.0. The molecule has 0 spiro atoms. The highest BCUT2D eigenvalue weighted by atomic mass is 19.3. The fourth-order valence-corrected chi connectivity index (χ4v) is 2.01. The van der Waals surface area contributed by atoms with Crippen molar-refractivity contribution in [1.29, 1.82) is 0 Å². The van der Waals surface area contributed by atoms with Crippen molar-refractivity contribution in [2.45, 2.75) is 33.6 Å². The lowest BCUT2D eigenvalue weighted by Gasteiger charge is -2.11. The summed E-state index contributed by atoms with van der Waals surface area (Å²) in [6, 6.07) is 1.30. The molecule has 2 rings (SSSR count). The molecule has 0 unspecified atom stereocenters. The van der Waals surface area contributed by atoms with E-state index in [0.717, 1.165) is 0 Å². The number of alkyl halides is 2. The number of aromatic nitrogens is 3. The first kappa shape index (κ1) is 18.7. The van der Waals surface area contributed by atoms with Gasteiger partial charge in [-0.3, -0.25) is 0 Å². The highest BCUT2D eigenvalue weighted by Gasteiger charge is 2.24. The Morgan fingerprint density at radius 1 is 1.28 bits per heavy atom. The predicted molar refractivity (Wildman–Crippen MR) is 77.0 cm³/mol. The van der Waals surface area contributed by atoms with Gasteiger partial charge in [-0.15, -0.1) is 0 Å². The minimum absolute atomic E-state index is 0.245. The molecule has 0 bridgehead atoms. The van der Waals surface area contributed by atoms with Gasteiger partial charge in [0.15, 0.2) is 24.0 Å². The van der Waals surface area contributed by atoms with E-state index in [1.807, 2.05) is 13.8 Å². The topological polar surface area (TPSA) is 66.2 Å². The normalized spacial score (nSPS) is 11.2. The zero-order valence-corrected chi connectivity index (χ0v) is 13.4. The zero-order chi connectivity index (χ0) is 18.6. The smallest absolute Gasteiger partial charge is 0.387 e. The van der Waals surface area contributed by atoms with E-state index >= 15 is 0 Å². The molecule has 0 fully saturated rings. The molecule has 0 saturated heterocycles. The molecule has 1 heterocycles. The number of nitrogens with zero attached hydrogens (tertiary/aromatic N) is 3. The van der Waals surface area contributed by atoms with Crippen LogP contribution in [-0.2, 0) is 17.9 Å². The summed E-state index contributed by atoms with van der Waals surface area (Å²) < 4.78 is 62.4. The lowest BCUT2D eigenvalue weighted by atomic mass is 10.2. The molecule has 0 aliphatic rings. The van der Waals surface area contributed by atoms with Crippen LogP contribution >= 0.6 is 0 Å². The summed E-state index contributed by atoms with van der Waals surface area (Å²) in [4.78, 5) is 15.9. The van der Waals surface area contributed by atoms with E-state index in [9.17, 15) is 22.4 Å². The predicted octanol–water partition coefficient (Wildman–Crippen LogP) is 3.17. The highest BCUT2D eigenvalue weighted by molar-refractivity contribution is 5.90. The van der Waals surface area contributed by atoms with Crippen molar-refractivity contribution in [2.24, 2.45) is 5.92 Å². The Kier molecular flexibility index (Phi) is 5.94. The largest absolute Gasteiger partial charge is 0.454 e. The first-order valence-electron chi connectivity index (χ1n) is 7.26. The van der Waals surface area contributed by atoms with Crippen LogP contribution in [0.1, 0.15) is 30.0 Å². The maximum Gasteiger partial charge on any atom is 0.387 e. The van der Waals surface area contributed by atoms with Crippen LogP contribution in [0.15, 0.2) is 18.5 Å². The van der Waals surface area contributed by atoms with E-state index in [1.165, 1.54) is 11.0 Å². The van der Waals surface area contributed by atoms with Gasteiger partial charge in [0, 0.05) is 6.54 Å². The first-order valence-corrected chi connectivity index (χ1v) is 7.26. The number of ether oxygens (including phenoxy) is 2. The molecule has 0 N–H and O–H groups in total. The third-order valence-electron chi connectivity index (χ3n) is 3.04. The number of carbonyl (C=O) groups is 1.